The standard InChI is InChI=1S/C27H30N2O4S2/c1-20-14-16-29(17-15-20)27(30)25-18-24(12-13-26(25)34-2)35(31,32)28-22-8-10-23(11-9-22)33-19-21-6-4-3-5-7-21/h3-13,18,20,28H,14-17,19H2,1-2H3. The number of hydrogen-bond donors (Lipinski definition) is 1. The van der Waals surface area contributed by atoms with Gasteiger partial charge in [-0.15, -0.1) is 11.8 Å². The van der Waals surface area contributed by atoms with Crippen molar-refractivity contribution in [2.24, 2.45) is 5.92 Å². The molecule has 1 fully saturated rings. The molecule has 3 aromatic carbocycles. The Morgan fingerprint density at radius 2 is 1.71 bits per heavy atom. The van der Waals surface area contributed by atoms with Crippen molar-refractivity contribution in [2.45, 2.75) is 36.2 Å². The summed E-state index contributed by atoms with van der Waals surface area (Å²) in [6.45, 7) is 4.01. The van der Waals surface area contributed by atoms with E-state index in [9.17, 15) is 13.2 Å². The molecule has 4 rings (SSSR count). The van der Waals surface area contributed by atoms with Crippen molar-refractivity contribution in [3.8, 4) is 5.75 Å². The largest absolute Gasteiger partial charge is 0.489 e. The number of benzene rings is 3. The average Bonchev–Trinajstić information content (AvgIpc) is 2.88. The van der Waals surface area contributed by atoms with Crippen LogP contribution in [0.15, 0.2) is 82.6 Å². The molecule has 0 aromatic heterocycles. The number of rotatable bonds is 8. The Bertz CT molecular complexity index is 1250. The third-order valence-electron chi connectivity index (χ3n) is 6.14. The highest BCUT2D eigenvalue weighted by Crippen LogP contribution is 2.28. The van der Waals surface area contributed by atoms with Gasteiger partial charge in [-0.1, -0.05) is 37.3 Å². The van der Waals surface area contributed by atoms with Crippen LogP contribution in [0.1, 0.15) is 35.7 Å². The molecule has 35 heavy (non-hydrogen) atoms. The number of hydrogen-bond acceptors (Lipinski definition) is 5. The van der Waals surface area contributed by atoms with E-state index in [1.165, 1.54) is 17.8 Å². The minimum absolute atomic E-state index is 0.0634. The van der Waals surface area contributed by atoms with Gasteiger partial charge in [-0.25, -0.2) is 8.42 Å². The van der Waals surface area contributed by atoms with E-state index in [2.05, 4.69) is 11.6 Å². The van der Waals surface area contributed by atoms with Crippen LogP contribution < -0.4 is 9.46 Å². The zero-order valence-electron chi connectivity index (χ0n) is 19.9. The molecule has 1 aliphatic heterocycles. The molecule has 8 heteroatoms. The third kappa shape index (κ3) is 6.38. The molecule has 0 radical (unpaired) electrons. The second kappa shape index (κ2) is 11.2. The van der Waals surface area contributed by atoms with Gasteiger partial charge < -0.3 is 9.64 Å². The van der Waals surface area contributed by atoms with E-state index in [0.717, 1.165) is 23.3 Å². The van der Waals surface area contributed by atoms with Gasteiger partial charge in [0.15, 0.2) is 0 Å². The molecule has 1 aliphatic rings. The van der Waals surface area contributed by atoms with Gasteiger partial charge in [-0.05, 0) is 73.0 Å². The van der Waals surface area contributed by atoms with Crippen molar-refractivity contribution in [1.82, 2.24) is 4.90 Å². The van der Waals surface area contributed by atoms with Gasteiger partial charge in [0.2, 0.25) is 0 Å². The molecule has 1 heterocycles. The topological polar surface area (TPSA) is 75.7 Å². The van der Waals surface area contributed by atoms with Crippen LogP contribution in [0.2, 0.25) is 0 Å². The lowest BCUT2D eigenvalue weighted by Gasteiger charge is -2.30. The molecule has 0 saturated carbocycles. The quantitative estimate of drug-likeness (QED) is 0.396. The molecule has 6 nitrogen and oxygen atoms in total. The minimum atomic E-state index is -3.87. The van der Waals surface area contributed by atoms with Crippen LogP contribution in [0, 0.1) is 5.92 Å². The molecule has 184 valence electrons. The minimum Gasteiger partial charge on any atom is -0.489 e. The fourth-order valence-electron chi connectivity index (χ4n) is 3.98. The smallest absolute Gasteiger partial charge is 0.261 e. The second-order valence-electron chi connectivity index (χ2n) is 8.74. The molecule has 0 atom stereocenters. The number of carbonyl (C=O) groups is 1. The molecule has 3 aromatic rings. The molecule has 1 saturated heterocycles. The number of nitrogens with zero attached hydrogens (tertiary/aromatic N) is 1. The predicted octanol–water partition coefficient (Wildman–Crippen LogP) is 5.66. The maximum Gasteiger partial charge on any atom is 0.261 e. The molecular formula is C27H30N2O4S2. The number of thioether (sulfide) groups is 1. The lowest BCUT2D eigenvalue weighted by Crippen LogP contribution is -2.38. The van der Waals surface area contributed by atoms with Gasteiger partial charge in [0.05, 0.1) is 10.5 Å². The summed E-state index contributed by atoms with van der Waals surface area (Å²) in [6.07, 6.45) is 3.81. The fourth-order valence-corrected chi connectivity index (χ4v) is 5.63. The van der Waals surface area contributed by atoms with E-state index >= 15 is 0 Å². The number of carbonyl (C=O) groups excluding carboxylic acids is 1. The van der Waals surface area contributed by atoms with Crippen LogP contribution in [0.4, 0.5) is 5.69 Å². The van der Waals surface area contributed by atoms with E-state index in [0.29, 0.717) is 42.6 Å². The first-order chi connectivity index (χ1) is 16.9. The molecule has 0 aliphatic carbocycles. The maximum absolute atomic E-state index is 13.2. The highest BCUT2D eigenvalue weighted by Gasteiger charge is 2.25. The Labute approximate surface area is 211 Å². The first-order valence-corrected chi connectivity index (χ1v) is 14.3. The van der Waals surface area contributed by atoms with Crippen molar-refractivity contribution >= 4 is 33.4 Å². The zero-order valence-corrected chi connectivity index (χ0v) is 21.6. The van der Waals surface area contributed by atoms with E-state index in [-0.39, 0.29) is 10.8 Å². The van der Waals surface area contributed by atoms with Gasteiger partial charge >= 0.3 is 0 Å². The van der Waals surface area contributed by atoms with Crippen molar-refractivity contribution in [3.05, 3.63) is 83.9 Å². The molecular weight excluding hydrogens is 480 g/mol. The maximum atomic E-state index is 13.2. The molecule has 0 spiro atoms. The number of likely N-dealkylation sites (tertiary alicyclic amines) is 1. The fraction of sp³-hybridized carbons (Fsp3) is 0.296. The molecule has 1 N–H and O–H groups in total. The monoisotopic (exact) mass is 510 g/mol. The van der Waals surface area contributed by atoms with Crippen molar-refractivity contribution in [2.75, 3.05) is 24.1 Å². The first-order valence-electron chi connectivity index (χ1n) is 11.6. The summed E-state index contributed by atoms with van der Waals surface area (Å²) in [6, 6.07) is 21.3. The van der Waals surface area contributed by atoms with Crippen LogP contribution in [0.3, 0.4) is 0 Å². The Kier molecular flexibility index (Phi) is 8.03. The van der Waals surface area contributed by atoms with E-state index in [1.807, 2.05) is 41.5 Å². The van der Waals surface area contributed by atoms with Gasteiger partial charge in [0, 0.05) is 23.7 Å². The van der Waals surface area contributed by atoms with Gasteiger partial charge in [-0.2, -0.15) is 0 Å². The molecule has 1 amide bonds. The van der Waals surface area contributed by atoms with E-state index in [1.54, 1.807) is 36.4 Å². The number of ether oxygens (including phenoxy) is 1. The van der Waals surface area contributed by atoms with Gasteiger partial charge in [0.1, 0.15) is 12.4 Å². The van der Waals surface area contributed by atoms with Crippen molar-refractivity contribution < 1.29 is 17.9 Å². The van der Waals surface area contributed by atoms with Gasteiger partial charge in [0.25, 0.3) is 15.9 Å². The number of piperidine rings is 1. The number of sulfonamides is 1. The zero-order chi connectivity index (χ0) is 24.8. The van der Waals surface area contributed by atoms with Gasteiger partial charge in [-0.3, -0.25) is 9.52 Å². The Morgan fingerprint density at radius 1 is 1.03 bits per heavy atom. The SMILES string of the molecule is CSc1ccc(S(=O)(=O)Nc2ccc(OCc3ccccc3)cc2)cc1C(=O)N1CCC(C)CC1. The Balaban J connectivity index is 1.47. The summed E-state index contributed by atoms with van der Waals surface area (Å²) in [5, 5.41) is 0. The average molecular weight is 511 g/mol. The predicted molar refractivity (Wildman–Crippen MR) is 141 cm³/mol. The second-order valence-corrected chi connectivity index (χ2v) is 11.3. The molecule has 0 bridgehead atoms. The van der Waals surface area contributed by atoms with E-state index in [4.69, 9.17) is 4.74 Å². The van der Waals surface area contributed by atoms with Crippen LogP contribution in [0.5, 0.6) is 5.75 Å². The normalized spacial score (nSPS) is 14.5. The first kappa shape index (κ1) is 25.1. The van der Waals surface area contributed by atoms with Crippen LogP contribution in [0.25, 0.3) is 0 Å². The highest BCUT2D eigenvalue weighted by atomic mass is 32.2. The van der Waals surface area contributed by atoms with E-state index < -0.39 is 10.0 Å². The van der Waals surface area contributed by atoms with Crippen molar-refractivity contribution in [3.63, 3.8) is 0 Å². The van der Waals surface area contributed by atoms with Crippen LogP contribution in [-0.2, 0) is 16.6 Å². The summed E-state index contributed by atoms with van der Waals surface area (Å²) in [5.74, 6) is 1.13. The number of nitrogens with one attached hydrogen (secondary N) is 1. The summed E-state index contributed by atoms with van der Waals surface area (Å²) in [5.41, 5.74) is 1.90. The summed E-state index contributed by atoms with van der Waals surface area (Å²) in [7, 11) is -3.87. The summed E-state index contributed by atoms with van der Waals surface area (Å²) >= 11 is 1.44. The van der Waals surface area contributed by atoms with Crippen molar-refractivity contribution in [1.29, 1.82) is 0 Å². The molecule has 0 unspecified atom stereocenters. The lowest BCUT2D eigenvalue weighted by atomic mass is 9.98. The Morgan fingerprint density at radius 3 is 2.37 bits per heavy atom. The lowest BCUT2D eigenvalue weighted by molar-refractivity contribution is 0.0693. The highest BCUT2D eigenvalue weighted by molar-refractivity contribution is 7.98. The summed E-state index contributed by atoms with van der Waals surface area (Å²) in [4.78, 5) is 15.9. The van der Waals surface area contributed by atoms with Crippen LogP contribution >= 0.6 is 11.8 Å². The number of amides is 1. The Hall–Kier alpha value is -2.97. The third-order valence-corrected chi connectivity index (χ3v) is 8.31. The summed E-state index contributed by atoms with van der Waals surface area (Å²) < 4.78 is 34.6. The van der Waals surface area contributed by atoms with Crippen LogP contribution in [-0.4, -0.2) is 38.6 Å². The number of anilines is 1.